The summed E-state index contributed by atoms with van der Waals surface area (Å²) in [5, 5.41) is 1.16. The van der Waals surface area contributed by atoms with E-state index in [9.17, 15) is 9.59 Å². The summed E-state index contributed by atoms with van der Waals surface area (Å²) < 4.78 is 7.18. The first-order valence-electron chi connectivity index (χ1n) is 9.04. The van der Waals surface area contributed by atoms with Crippen LogP contribution in [0.15, 0.2) is 47.4 Å². The van der Waals surface area contributed by atoms with Gasteiger partial charge in [0.25, 0.3) is 0 Å². The van der Waals surface area contributed by atoms with E-state index in [-0.39, 0.29) is 17.3 Å². The van der Waals surface area contributed by atoms with Crippen LogP contribution in [0.3, 0.4) is 0 Å². The number of carbonyl (C=O) groups is 1. The first-order chi connectivity index (χ1) is 13.1. The minimum atomic E-state index is -0.285. The maximum atomic E-state index is 13.1. The van der Waals surface area contributed by atoms with Crippen LogP contribution in [-0.2, 0) is 22.4 Å². The van der Waals surface area contributed by atoms with Crippen molar-refractivity contribution < 1.29 is 9.53 Å². The van der Waals surface area contributed by atoms with E-state index < -0.39 is 0 Å². The van der Waals surface area contributed by atoms with Gasteiger partial charge in [-0.05, 0) is 56.5 Å². The monoisotopic (exact) mass is 382 g/mol. The van der Waals surface area contributed by atoms with Crippen LogP contribution in [0.2, 0.25) is 5.02 Å². The quantitative estimate of drug-likeness (QED) is 0.648. The highest BCUT2D eigenvalue weighted by atomic mass is 35.5. The Morgan fingerprint density at radius 3 is 2.96 bits per heavy atom. The SMILES string of the molecule is CCOC(=O)C1CCc2c(c(=O)c3cccnc3n2-c2cccc(Cl)c2)C1. The number of carbonyl (C=O) groups excluding carboxylic acids is 1. The maximum absolute atomic E-state index is 13.1. The van der Waals surface area contributed by atoms with Crippen molar-refractivity contribution in [3.63, 3.8) is 0 Å². The molecule has 0 radical (unpaired) electrons. The van der Waals surface area contributed by atoms with Crippen LogP contribution < -0.4 is 5.43 Å². The highest BCUT2D eigenvalue weighted by Crippen LogP contribution is 2.30. The van der Waals surface area contributed by atoms with Crippen molar-refractivity contribution in [2.24, 2.45) is 5.92 Å². The zero-order valence-electron chi connectivity index (χ0n) is 14.9. The van der Waals surface area contributed by atoms with Crippen molar-refractivity contribution >= 4 is 28.6 Å². The van der Waals surface area contributed by atoms with E-state index in [2.05, 4.69) is 4.98 Å². The maximum Gasteiger partial charge on any atom is 0.309 e. The van der Waals surface area contributed by atoms with Crippen molar-refractivity contribution in [2.75, 3.05) is 6.61 Å². The molecule has 6 heteroatoms. The van der Waals surface area contributed by atoms with E-state index in [0.29, 0.717) is 47.5 Å². The zero-order valence-corrected chi connectivity index (χ0v) is 15.7. The van der Waals surface area contributed by atoms with Crippen LogP contribution >= 0.6 is 11.6 Å². The Balaban J connectivity index is 1.95. The van der Waals surface area contributed by atoms with Gasteiger partial charge in [0.15, 0.2) is 5.43 Å². The lowest BCUT2D eigenvalue weighted by molar-refractivity contribution is -0.148. The van der Waals surface area contributed by atoms with Gasteiger partial charge in [-0.25, -0.2) is 4.98 Å². The molecule has 3 aromatic rings. The van der Waals surface area contributed by atoms with Gasteiger partial charge in [-0.2, -0.15) is 0 Å². The molecule has 27 heavy (non-hydrogen) atoms. The topological polar surface area (TPSA) is 61.2 Å². The molecule has 1 aromatic carbocycles. The number of esters is 1. The summed E-state index contributed by atoms with van der Waals surface area (Å²) in [6.45, 7) is 2.14. The molecule has 1 aliphatic carbocycles. The number of fused-ring (bicyclic) bond motifs is 2. The van der Waals surface area contributed by atoms with Gasteiger partial charge in [0.05, 0.1) is 17.9 Å². The van der Waals surface area contributed by atoms with Crippen LogP contribution in [0, 0.1) is 5.92 Å². The second-order valence-electron chi connectivity index (χ2n) is 6.64. The van der Waals surface area contributed by atoms with Gasteiger partial charge in [-0.3, -0.25) is 14.2 Å². The average Bonchev–Trinajstić information content (AvgIpc) is 2.68. The molecule has 1 atom stereocenters. The standard InChI is InChI=1S/C21H19ClN2O3/c1-2-27-21(26)13-8-9-18-17(11-13)19(25)16-7-4-10-23-20(16)24(18)15-6-3-5-14(22)12-15/h3-7,10,12-13H,2,8-9,11H2,1H3. The molecule has 0 amide bonds. The number of nitrogens with zero attached hydrogens (tertiary/aromatic N) is 2. The summed E-state index contributed by atoms with van der Waals surface area (Å²) in [6, 6.07) is 11.0. The van der Waals surface area contributed by atoms with Gasteiger partial charge < -0.3 is 4.74 Å². The number of ether oxygens (including phenoxy) is 1. The number of hydrogen-bond donors (Lipinski definition) is 0. The molecule has 0 aliphatic heterocycles. The summed E-state index contributed by atoms with van der Waals surface area (Å²) in [4.78, 5) is 29.8. The van der Waals surface area contributed by atoms with Crippen molar-refractivity contribution in [1.82, 2.24) is 9.55 Å². The Morgan fingerprint density at radius 1 is 1.33 bits per heavy atom. The smallest absolute Gasteiger partial charge is 0.309 e. The molecule has 0 saturated heterocycles. The Bertz CT molecular complexity index is 1090. The van der Waals surface area contributed by atoms with E-state index in [1.165, 1.54) is 0 Å². The second-order valence-corrected chi connectivity index (χ2v) is 7.07. The van der Waals surface area contributed by atoms with Gasteiger partial charge in [-0.15, -0.1) is 0 Å². The molecule has 138 valence electrons. The molecule has 0 N–H and O–H groups in total. The van der Waals surface area contributed by atoms with Gasteiger partial charge in [0, 0.05) is 28.2 Å². The third-order valence-electron chi connectivity index (χ3n) is 5.00. The summed E-state index contributed by atoms with van der Waals surface area (Å²) in [7, 11) is 0. The fourth-order valence-corrected chi connectivity index (χ4v) is 3.98. The lowest BCUT2D eigenvalue weighted by Crippen LogP contribution is -2.31. The first-order valence-corrected chi connectivity index (χ1v) is 9.42. The van der Waals surface area contributed by atoms with E-state index >= 15 is 0 Å². The zero-order chi connectivity index (χ0) is 19.0. The second kappa shape index (κ2) is 7.16. The van der Waals surface area contributed by atoms with E-state index in [1.54, 1.807) is 25.3 Å². The molecule has 1 aliphatic rings. The minimum Gasteiger partial charge on any atom is -0.466 e. The normalized spacial score (nSPS) is 16.1. The van der Waals surface area contributed by atoms with E-state index in [1.807, 2.05) is 28.8 Å². The van der Waals surface area contributed by atoms with E-state index in [0.717, 1.165) is 11.4 Å². The Kier molecular flexibility index (Phi) is 4.70. The predicted octanol–water partition coefficient (Wildman–Crippen LogP) is 3.71. The van der Waals surface area contributed by atoms with Crippen molar-refractivity contribution in [1.29, 1.82) is 0 Å². The Labute approximate surface area is 161 Å². The van der Waals surface area contributed by atoms with Crippen LogP contribution in [-0.4, -0.2) is 22.1 Å². The number of pyridine rings is 2. The van der Waals surface area contributed by atoms with Gasteiger partial charge in [-0.1, -0.05) is 17.7 Å². The van der Waals surface area contributed by atoms with Crippen LogP contribution in [0.25, 0.3) is 16.7 Å². The fourth-order valence-electron chi connectivity index (χ4n) is 3.80. The third-order valence-corrected chi connectivity index (χ3v) is 5.24. The highest BCUT2D eigenvalue weighted by Gasteiger charge is 2.30. The number of aromatic nitrogens is 2. The number of rotatable bonds is 3. The first kappa shape index (κ1) is 17.7. The van der Waals surface area contributed by atoms with Crippen LogP contribution in [0.5, 0.6) is 0 Å². The molecule has 0 fully saturated rings. The predicted molar refractivity (Wildman–Crippen MR) is 104 cm³/mol. The fraction of sp³-hybridized carbons (Fsp3) is 0.286. The molecule has 2 heterocycles. The van der Waals surface area contributed by atoms with Gasteiger partial charge in [0.2, 0.25) is 0 Å². The molecule has 0 spiro atoms. The third kappa shape index (κ3) is 3.12. The lowest BCUT2D eigenvalue weighted by atomic mass is 9.85. The van der Waals surface area contributed by atoms with Crippen molar-refractivity contribution in [3.8, 4) is 5.69 Å². The molecule has 4 rings (SSSR count). The van der Waals surface area contributed by atoms with Crippen molar-refractivity contribution in [3.05, 3.63) is 69.1 Å². The highest BCUT2D eigenvalue weighted by molar-refractivity contribution is 6.30. The molecule has 5 nitrogen and oxygen atoms in total. The molecular weight excluding hydrogens is 364 g/mol. The number of benzene rings is 1. The van der Waals surface area contributed by atoms with Crippen molar-refractivity contribution in [2.45, 2.75) is 26.2 Å². The minimum absolute atomic E-state index is 0.0552. The van der Waals surface area contributed by atoms with Crippen LogP contribution in [0.1, 0.15) is 24.6 Å². The van der Waals surface area contributed by atoms with E-state index in [4.69, 9.17) is 16.3 Å². The lowest BCUT2D eigenvalue weighted by Gasteiger charge is -2.27. The Hall–Kier alpha value is -2.66. The molecular formula is C21H19ClN2O3. The molecule has 0 saturated carbocycles. The Morgan fingerprint density at radius 2 is 2.19 bits per heavy atom. The molecule has 0 bridgehead atoms. The number of hydrogen-bond acceptors (Lipinski definition) is 4. The molecule has 2 aromatic heterocycles. The summed E-state index contributed by atoms with van der Waals surface area (Å²) in [5.74, 6) is -0.518. The summed E-state index contributed by atoms with van der Waals surface area (Å²) in [5.41, 5.74) is 2.98. The van der Waals surface area contributed by atoms with Crippen LogP contribution in [0.4, 0.5) is 0 Å². The largest absolute Gasteiger partial charge is 0.466 e. The number of halogens is 1. The summed E-state index contributed by atoms with van der Waals surface area (Å²) in [6.07, 6.45) is 3.31. The summed E-state index contributed by atoms with van der Waals surface area (Å²) >= 11 is 6.20. The average molecular weight is 383 g/mol. The van der Waals surface area contributed by atoms with Gasteiger partial charge in [0.1, 0.15) is 5.65 Å². The molecule has 1 unspecified atom stereocenters. The van der Waals surface area contributed by atoms with Gasteiger partial charge >= 0.3 is 5.97 Å².